The normalized spacial score (nSPS) is 29.5. The van der Waals surface area contributed by atoms with E-state index in [-0.39, 0.29) is 11.2 Å². The Bertz CT molecular complexity index is 527. The predicted octanol–water partition coefficient (Wildman–Crippen LogP) is 1.70. The third kappa shape index (κ3) is 3.68. The molecule has 0 amide bonds. The Kier molecular flexibility index (Phi) is 4.03. The molecule has 9 heteroatoms. The van der Waals surface area contributed by atoms with Crippen molar-refractivity contribution in [3.63, 3.8) is 0 Å². The minimum Gasteiger partial charge on any atom is -0.481 e. The number of alkyl halides is 3. The molecule has 1 saturated heterocycles. The number of sulfonamides is 1. The first-order valence-electron chi connectivity index (χ1n) is 6.72. The summed E-state index contributed by atoms with van der Waals surface area (Å²) in [6, 6.07) is 0. The van der Waals surface area contributed by atoms with E-state index in [0.29, 0.717) is 10.7 Å². The average Bonchev–Trinajstić information content (AvgIpc) is 2.90. The van der Waals surface area contributed by atoms with Gasteiger partial charge in [-0.25, -0.2) is 12.7 Å². The summed E-state index contributed by atoms with van der Waals surface area (Å²) in [6.07, 6.45) is -2.47. The number of carboxylic acid groups (broad SMARTS) is 1. The Balaban J connectivity index is 2.08. The zero-order chi connectivity index (χ0) is 16.1. The number of halogens is 3. The molecule has 2 rings (SSSR count). The van der Waals surface area contributed by atoms with Crippen molar-refractivity contribution in [3.8, 4) is 0 Å². The second-order valence-corrected chi connectivity index (χ2v) is 8.37. The number of aliphatic carboxylic acids is 1. The zero-order valence-electron chi connectivity index (χ0n) is 11.6. The molecule has 2 fully saturated rings. The first-order valence-corrected chi connectivity index (χ1v) is 8.33. The van der Waals surface area contributed by atoms with Crippen LogP contribution in [0.15, 0.2) is 0 Å². The second kappa shape index (κ2) is 5.12. The lowest BCUT2D eigenvalue weighted by Crippen LogP contribution is -2.34. The Labute approximate surface area is 121 Å². The highest BCUT2D eigenvalue weighted by Gasteiger charge is 2.54. The number of hydrogen-bond acceptors (Lipinski definition) is 3. The number of nitrogens with zero attached hydrogens (tertiary/aromatic N) is 1. The molecule has 1 heterocycles. The largest absolute Gasteiger partial charge is 0.481 e. The Morgan fingerprint density at radius 1 is 1.33 bits per heavy atom. The summed E-state index contributed by atoms with van der Waals surface area (Å²) in [5.74, 6) is -5.69. The van der Waals surface area contributed by atoms with Crippen molar-refractivity contribution in [2.24, 2.45) is 17.3 Å². The molecule has 5 nitrogen and oxygen atoms in total. The van der Waals surface area contributed by atoms with Crippen molar-refractivity contribution in [1.29, 1.82) is 0 Å². The van der Waals surface area contributed by atoms with Crippen LogP contribution in [0.2, 0.25) is 0 Å². The minimum absolute atomic E-state index is 0.0254. The highest BCUT2D eigenvalue weighted by Crippen LogP contribution is 2.48. The second-order valence-electron chi connectivity index (χ2n) is 6.29. The first kappa shape index (κ1) is 16.5. The molecule has 0 unspecified atom stereocenters. The van der Waals surface area contributed by atoms with E-state index in [2.05, 4.69) is 0 Å². The van der Waals surface area contributed by atoms with Crippen molar-refractivity contribution in [2.75, 3.05) is 18.8 Å². The standard InChI is InChI=1S/C12H18F3NO4S/c1-11(2-3-11)4-5-21(19,20)16-6-8(10(17)18)9(7-16)12(13,14)15/h8-9H,2-7H2,1H3,(H,17,18)/t8-,9-/m1/s1. The summed E-state index contributed by atoms with van der Waals surface area (Å²) in [5.41, 5.74) is -0.0254. The molecule has 2 aliphatic rings. The van der Waals surface area contributed by atoms with E-state index in [1.807, 2.05) is 6.92 Å². The molecule has 122 valence electrons. The maximum absolute atomic E-state index is 12.8. The first-order chi connectivity index (χ1) is 9.45. The quantitative estimate of drug-likeness (QED) is 0.833. The van der Waals surface area contributed by atoms with E-state index < -0.39 is 47.1 Å². The van der Waals surface area contributed by atoms with Gasteiger partial charge in [0.15, 0.2) is 0 Å². The molecule has 1 aliphatic heterocycles. The van der Waals surface area contributed by atoms with Crippen LogP contribution in [0.25, 0.3) is 0 Å². The van der Waals surface area contributed by atoms with Crippen LogP contribution < -0.4 is 0 Å². The highest BCUT2D eigenvalue weighted by atomic mass is 32.2. The van der Waals surface area contributed by atoms with Gasteiger partial charge in [0.05, 0.1) is 17.6 Å². The molecule has 0 spiro atoms. The summed E-state index contributed by atoms with van der Waals surface area (Å²) in [4.78, 5) is 10.9. The summed E-state index contributed by atoms with van der Waals surface area (Å²) in [6.45, 7) is 0.545. The van der Waals surface area contributed by atoms with Crippen LogP contribution in [0.1, 0.15) is 26.2 Å². The smallest absolute Gasteiger partial charge is 0.393 e. The van der Waals surface area contributed by atoms with Gasteiger partial charge in [0.2, 0.25) is 10.0 Å². The minimum atomic E-state index is -4.71. The Hall–Kier alpha value is -0.830. The summed E-state index contributed by atoms with van der Waals surface area (Å²) in [5, 5.41) is 8.88. The van der Waals surface area contributed by atoms with Crippen LogP contribution in [-0.2, 0) is 14.8 Å². The molecule has 1 aliphatic carbocycles. The summed E-state index contributed by atoms with van der Waals surface area (Å²) < 4.78 is 63.4. The van der Waals surface area contributed by atoms with Crippen LogP contribution in [-0.4, -0.2) is 48.8 Å². The SMILES string of the molecule is CC1(CCS(=O)(=O)N2C[C@@H](C(F)(F)F)[C@H](C(=O)O)C2)CC1. The van der Waals surface area contributed by atoms with Crippen molar-refractivity contribution in [2.45, 2.75) is 32.4 Å². The van der Waals surface area contributed by atoms with Crippen molar-refractivity contribution in [3.05, 3.63) is 0 Å². The van der Waals surface area contributed by atoms with Gasteiger partial charge >= 0.3 is 12.1 Å². The molecule has 1 N–H and O–H groups in total. The lowest BCUT2D eigenvalue weighted by Gasteiger charge is -2.19. The van der Waals surface area contributed by atoms with E-state index in [4.69, 9.17) is 5.11 Å². The van der Waals surface area contributed by atoms with Gasteiger partial charge < -0.3 is 5.11 Å². The fourth-order valence-electron chi connectivity index (χ4n) is 2.54. The van der Waals surface area contributed by atoms with Crippen LogP contribution in [0, 0.1) is 17.3 Å². The average molecular weight is 329 g/mol. The maximum atomic E-state index is 12.8. The van der Waals surface area contributed by atoms with E-state index in [1.165, 1.54) is 0 Å². The van der Waals surface area contributed by atoms with Crippen molar-refractivity contribution < 1.29 is 31.5 Å². The number of rotatable bonds is 5. The molecule has 21 heavy (non-hydrogen) atoms. The third-order valence-corrected chi connectivity index (χ3v) is 6.29. The molecule has 0 radical (unpaired) electrons. The van der Waals surface area contributed by atoms with Crippen LogP contribution in [0.4, 0.5) is 13.2 Å². The third-order valence-electron chi connectivity index (χ3n) is 4.48. The van der Waals surface area contributed by atoms with Gasteiger partial charge in [-0.1, -0.05) is 6.92 Å². The van der Waals surface area contributed by atoms with E-state index >= 15 is 0 Å². The molecular formula is C12H18F3NO4S. The van der Waals surface area contributed by atoms with Crippen molar-refractivity contribution in [1.82, 2.24) is 4.31 Å². The molecule has 0 aromatic heterocycles. The van der Waals surface area contributed by atoms with Crippen LogP contribution >= 0.6 is 0 Å². The number of hydrogen-bond donors (Lipinski definition) is 1. The van der Waals surface area contributed by atoms with E-state index in [0.717, 1.165) is 12.8 Å². The maximum Gasteiger partial charge on any atom is 0.393 e. The number of carboxylic acids is 1. The van der Waals surface area contributed by atoms with Gasteiger partial charge in [0, 0.05) is 13.1 Å². The number of carbonyl (C=O) groups is 1. The van der Waals surface area contributed by atoms with Gasteiger partial charge in [-0.05, 0) is 24.7 Å². The molecular weight excluding hydrogens is 311 g/mol. The molecule has 2 atom stereocenters. The van der Waals surface area contributed by atoms with Gasteiger partial charge in [0.1, 0.15) is 0 Å². The van der Waals surface area contributed by atoms with Gasteiger partial charge in [-0.2, -0.15) is 13.2 Å². The van der Waals surface area contributed by atoms with Gasteiger partial charge in [-0.15, -0.1) is 0 Å². The summed E-state index contributed by atoms with van der Waals surface area (Å²) >= 11 is 0. The fourth-order valence-corrected chi connectivity index (χ4v) is 4.33. The molecule has 0 aromatic carbocycles. The van der Waals surface area contributed by atoms with Crippen molar-refractivity contribution >= 4 is 16.0 Å². The Morgan fingerprint density at radius 2 is 1.90 bits per heavy atom. The van der Waals surface area contributed by atoms with Gasteiger partial charge in [0.25, 0.3) is 0 Å². The highest BCUT2D eigenvalue weighted by molar-refractivity contribution is 7.89. The van der Waals surface area contributed by atoms with Gasteiger partial charge in [-0.3, -0.25) is 4.79 Å². The zero-order valence-corrected chi connectivity index (χ0v) is 12.4. The predicted molar refractivity (Wildman–Crippen MR) is 68.0 cm³/mol. The van der Waals surface area contributed by atoms with Crippen LogP contribution in [0.5, 0.6) is 0 Å². The van der Waals surface area contributed by atoms with E-state index in [1.54, 1.807) is 0 Å². The lowest BCUT2D eigenvalue weighted by atomic mass is 9.96. The molecule has 1 saturated carbocycles. The topological polar surface area (TPSA) is 74.7 Å². The van der Waals surface area contributed by atoms with E-state index in [9.17, 15) is 26.4 Å². The summed E-state index contributed by atoms with van der Waals surface area (Å²) in [7, 11) is -3.84. The lowest BCUT2D eigenvalue weighted by molar-refractivity contribution is -0.187. The Morgan fingerprint density at radius 3 is 2.29 bits per heavy atom. The monoisotopic (exact) mass is 329 g/mol. The molecule has 0 bridgehead atoms. The molecule has 0 aromatic rings. The fraction of sp³-hybridized carbons (Fsp3) is 0.917. The van der Waals surface area contributed by atoms with Crippen LogP contribution in [0.3, 0.4) is 0 Å².